The summed E-state index contributed by atoms with van der Waals surface area (Å²) in [4.78, 5) is 5.18. The van der Waals surface area contributed by atoms with E-state index in [0.717, 1.165) is 117 Å². The van der Waals surface area contributed by atoms with Crippen molar-refractivity contribution in [1.29, 1.82) is 0 Å². The normalized spacial score (nSPS) is 13.0. The molecule has 0 aliphatic carbocycles. The van der Waals surface area contributed by atoms with Crippen molar-refractivity contribution in [3.05, 3.63) is 290 Å². The molecular weight excluding hydrogens is 1120 g/mol. The number of nitrogens with zero attached hydrogens (tertiary/aromatic N) is 3. The van der Waals surface area contributed by atoms with Gasteiger partial charge >= 0.3 is 0 Å². The lowest BCUT2D eigenvalue weighted by molar-refractivity contribution is 0.590. The maximum Gasteiger partial charge on any atom is 0.252 e. The number of anilines is 6. The molecule has 16 aromatic rings. The molecule has 5 heterocycles. The van der Waals surface area contributed by atoms with Crippen LogP contribution in [0.4, 0.5) is 34.1 Å². The van der Waals surface area contributed by atoms with Crippen LogP contribution in [0.5, 0.6) is 0 Å². The second-order valence-electron chi connectivity index (χ2n) is 27.2. The van der Waals surface area contributed by atoms with Gasteiger partial charge in [0.2, 0.25) is 0 Å². The summed E-state index contributed by atoms with van der Waals surface area (Å²) in [6, 6.07) is 104. The first-order valence-electron chi connectivity index (χ1n) is 32.2. The highest BCUT2D eigenvalue weighted by molar-refractivity contribution is 7.00. The molecule has 0 unspecified atom stereocenters. The molecule has 5 nitrogen and oxygen atoms in total. The van der Waals surface area contributed by atoms with E-state index in [1.54, 1.807) is 0 Å². The molecule has 0 bridgehead atoms. The number of rotatable bonds is 7. The lowest BCUT2D eigenvalue weighted by atomic mass is 9.33. The summed E-state index contributed by atoms with van der Waals surface area (Å²) in [7, 11) is 0. The monoisotopic (exact) mass is 1180 g/mol. The molecule has 0 N–H and O–H groups in total. The molecule has 0 radical (unpaired) electrons. The largest absolute Gasteiger partial charge is 0.456 e. The SMILES string of the molecule is CC(C)(C)c1cc(-c2ccccc2)c2c(c1)c1cc(C(C)(C)C)cc(-c3ccccc3)c1n2-c1cc2c3c(c1)N(c1cccc4oc5ccccc5c14)c1ccc(-c4ccccc4)cc1B3c1cc(-c3ccccc3)ccc1N2c1cccc2oc3ccccc3c12. The van der Waals surface area contributed by atoms with Crippen molar-refractivity contribution < 1.29 is 8.83 Å². The molecule has 3 aromatic heterocycles. The quantitative estimate of drug-likeness (QED) is 0.149. The van der Waals surface area contributed by atoms with Crippen LogP contribution in [0.25, 0.3) is 116 Å². The lowest BCUT2D eigenvalue weighted by Crippen LogP contribution is -2.61. The van der Waals surface area contributed by atoms with Gasteiger partial charge in [0.1, 0.15) is 22.3 Å². The number of fused-ring (bicyclic) bond motifs is 13. The van der Waals surface area contributed by atoms with Gasteiger partial charge in [-0.1, -0.05) is 236 Å². The van der Waals surface area contributed by atoms with E-state index >= 15 is 0 Å². The van der Waals surface area contributed by atoms with Crippen molar-refractivity contribution in [1.82, 2.24) is 4.57 Å². The van der Waals surface area contributed by atoms with Gasteiger partial charge < -0.3 is 23.2 Å². The topological polar surface area (TPSA) is 37.7 Å². The molecule has 0 amide bonds. The first-order valence-corrected chi connectivity index (χ1v) is 32.2. The fourth-order valence-corrected chi connectivity index (χ4v) is 15.2. The summed E-state index contributed by atoms with van der Waals surface area (Å²) in [6.45, 7) is 13.9. The third kappa shape index (κ3) is 8.26. The predicted octanol–water partition coefficient (Wildman–Crippen LogP) is 21.9. The molecular formula is C86H64BN3O2. The van der Waals surface area contributed by atoms with Crippen molar-refractivity contribution in [3.8, 4) is 50.2 Å². The average molecular weight is 1180 g/mol. The highest BCUT2D eigenvalue weighted by Gasteiger charge is 2.45. The molecule has 438 valence electrons. The molecule has 0 fully saturated rings. The van der Waals surface area contributed by atoms with Crippen LogP contribution in [0.2, 0.25) is 0 Å². The van der Waals surface area contributed by atoms with Crippen LogP contribution >= 0.6 is 0 Å². The van der Waals surface area contributed by atoms with E-state index < -0.39 is 0 Å². The van der Waals surface area contributed by atoms with Crippen LogP contribution < -0.4 is 26.2 Å². The zero-order valence-electron chi connectivity index (χ0n) is 52.3. The van der Waals surface area contributed by atoms with Crippen LogP contribution in [0.1, 0.15) is 52.7 Å². The Morgan fingerprint density at radius 2 is 0.674 bits per heavy atom. The van der Waals surface area contributed by atoms with Crippen molar-refractivity contribution in [2.45, 2.75) is 52.4 Å². The van der Waals surface area contributed by atoms with Gasteiger partial charge in [-0.3, -0.25) is 0 Å². The summed E-state index contributed by atoms with van der Waals surface area (Å²) in [5.74, 6) is 0. The van der Waals surface area contributed by atoms with Crippen LogP contribution in [0.15, 0.2) is 288 Å². The highest BCUT2D eigenvalue weighted by Crippen LogP contribution is 2.53. The van der Waals surface area contributed by atoms with E-state index in [1.165, 1.54) is 60.5 Å². The summed E-state index contributed by atoms with van der Waals surface area (Å²) >= 11 is 0. The molecule has 6 heteroatoms. The molecule has 18 rings (SSSR count). The maximum absolute atomic E-state index is 6.87. The number of aromatic nitrogens is 1. The van der Waals surface area contributed by atoms with Gasteiger partial charge in [-0.2, -0.15) is 0 Å². The summed E-state index contributed by atoms with van der Waals surface area (Å²) in [5.41, 5.74) is 28.4. The molecule has 2 aliphatic rings. The molecule has 92 heavy (non-hydrogen) atoms. The first kappa shape index (κ1) is 53.9. The minimum atomic E-state index is -0.235. The number of para-hydroxylation sites is 2. The number of furan rings is 2. The van der Waals surface area contributed by atoms with Crippen molar-refractivity contribution >= 4 is 123 Å². The van der Waals surface area contributed by atoms with E-state index in [9.17, 15) is 0 Å². The highest BCUT2D eigenvalue weighted by atomic mass is 16.3. The standard InChI is InChI=1S/C86H64BN3O2/c1-85(2,3)59-47-64(55-29-15-9-16-30-55)83-66(49-59)67-50-60(86(4,5)6)48-65(56-31-17-10-18-32-56)84(67)88(83)61-51-74-82-75(52-61)90(73-36-24-40-79-81(73)63-34-20-22-38-77(63)92-79)71-44-42-58(54-27-13-8-14-28-54)46-69(71)87(82)68-45-57(53-25-11-7-12-26-53)41-43-70(68)89(74)72-35-23-39-78-80(72)62-33-19-21-37-76(62)91-78/h7-52H,1-6H3. The third-order valence-corrected chi connectivity index (χ3v) is 19.6. The van der Waals surface area contributed by atoms with Gasteiger partial charge in [-0.05, 0) is 157 Å². The van der Waals surface area contributed by atoms with Gasteiger partial charge in [-0.25, -0.2) is 0 Å². The van der Waals surface area contributed by atoms with Gasteiger partial charge in [0.15, 0.2) is 0 Å². The third-order valence-electron chi connectivity index (χ3n) is 19.6. The number of hydrogen-bond donors (Lipinski definition) is 0. The lowest BCUT2D eigenvalue weighted by Gasteiger charge is -2.45. The van der Waals surface area contributed by atoms with E-state index in [4.69, 9.17) is 8.83 Å². The predicted molar refractivity (Wildman–Crippen MR) is 389 cm³/mol. The number of hydrogen-bond acceptors (Lipinski definition) is 4. The Kier molecular flexibility index (Phi) is 11.8. The maximum atomic E-state index is 6.87. The minimum Gasteiger partial charge on any atom is -0.456 e. The average Bonchev–Trinajstić information content (AvgIpc) is 1.22. The first-order chi connectivity index (χ1) is 44.9. The Morgan fingerprint density at radius 3 is 1.09 bits per heavy atom. The van der Waals surface area contributed by atoms with Crippen LogP contribution in [-0.4, -0.2) is 11.3 Å². The Bertz CT molecular complexity index is 5330. The van der Waals surface area contributed by atoms with Gasteiger partial charge in [-0.15, -0.1) is 0 Å². The molecule has 0 saturated heterocycles. The van der Waals surface area contributed by atoms with Crippen molar-refractivity contribution in [2.24, 2.45) is 0 Å². The van der Waals surface area contributed by atoms with Crippen LogP contribution in [0, 0.1) is 0 Å². The van der Waals surface area contributed by atoms with Crippen LogP contribution in [0.3, 0.4) is 0 Å². The second kappa shape index (κ2) is 20.2. The fourth-order valence-electron chi connectivity index (χ4n) is 15.2. The zero-order chi connectivity index (χ0) is 61.7. The summed E-state index contributed by atoms with van der Waals surface area (Å²) < 4.78 is 16.4. The minimum absolute atomic E-state index is 0.167. The van der Waals surface area contributed by atoms with Crippen molar-refractivity contribution in [3.63, 3.8) is 0 Å². The molecule has 0 atom stereocenters. The molecule has 13 aromatic carbocycles. The van der Waals surface area contributed by atoms with Crippen molar-refractivity contribution in [2.75, 3.05) is 9.80 Å². The van der Waals surface area contributed by atoms with Gasteiger partial charge in [0, 0.05) is 55.4 Å². The van der Waals surface area contributed by atoms with E-state index in [1.807, 2.05) is 0 Å². The Balaban J connectivity index is 1.06. The molecule has 0 saturated carbocycles. The van der Waals surface area contributed by atoms with Crippen LogP contribution in [-0.2, 0) is 10.8 Å². The Labute approximate surface area is 535 Å². The zero-order valence-corrected chi connectivity index (χ0v) is 52.3. The Hall–Kier alpha value is -11.1. The van der Waals surface area contributed by atoms with E-state index in [0.29, 0.717) is 0 Å². The fraction of sp³-hybridized carbons (Fsp3) is 0.0930. The second-order valence-corrected chi connectivity index (χ2v) is 27.2. The van der Waals surface area contributed by atoms with Gasteiger partial charge in [0.05, 0.1) is 38.9 Å². The van der Waals surface area contributed by atoms with E-state index in [-0.39, 0.29) is 17.5 Å². The number of benzene rings is 13. The molecule has 2 aliphatic heterocycles. The van der Waals surface area contributed by atoms with Gasteiger partial charge in [0.25, 0.3) is 6.71 Å². The summed E-state index contributed by atoms with van der Waals surface area (Å²) in [6.07, 6.45) is 0. The smallest absolute Gasteiger partial charge is 0.252 e. The molecule has 0 spiro atoms. The Morgan fingerprint density at radius 1 is 0.293 bits per heavy atom. The summed E-state index contributed by atoms with van der Waals surface area (Å²) in [5, 5.41) is 6.69. The van der Waals surface area contributed by atoms with E-state index in [2.05, 4.69) is 335 Å².